The van der Waals surface area contributed by atoms with E-state index >= 15 is 0 Å². The third-order valence-corrected chi connectivity index (χ3v) is 6.65. The van der Waals surface area contributed by atoms with Crippen molar-refractivity contribution in [2.75, 3.05) is 31.8 Å². The van der Waals surface area contributed by atoms with Gasteiger partial charge in [0, 0.05) is 43.2 Å². The molecule has 2 aliphatic heterocycles. The Kier molecular flexibility index (Phi) is 6.05. The van der Waals surface area contributed by atoms with Crippen molar-refractivity contribution in [3.8, 4) is 5.75 Å². The number of carbonyl (C=O) groups is 1. The van der Waals surface area contributed by atoms with Crippen LogP contribution in [0, 0.1) is 13.8 Å². The van der Waals surface area contributed by atoms with E-state index in [-0.39, 0.29) is 6.03 Å². The maximum Gasteiger partial charge on any atom is 0.321 e. The number of piperidine rings is 1. The van der Waals surface area contributed by atoms with Crippen LogP contribution < -0.4 is 10.1 Å². The van der Waals surface area contributed by atoms with Gasteiger partial charge < -0.3 is 15.0 Å². The Balaban J connectivity index is 1.46. The molecule has 0 atom stereocenters. The third-order valence-electron chi connectivity index (χ3n) is 5.98. The lowest BCUT2D eigenvalue weighted by Crippen LogP contribution is -2.46. The SMILES string of the molecule is COc1cccc(NC(=O)N2CCC3(CC2)N=C(SC)C(c2ccc(C)c(C)c2)=N3)c1. The fourth-order valence-corrected chi connectivity index (χ4v) is 4.55. The molecule has 0 saturated carbocycles. The summed E-state index contributed by atoms with van der Waals surface area (Å²) in [6.45, 7) is 5.47. The summed E-state index contributed by atoms with van der Waals surface area (Å²) in [5, 5.41) is 3.95. The van der Waals surface area contributed by atoms with E-state index in [0.29, 0.717) is 18.8 Å². The second-order valence-corrected chi connectivity index (χ2v) is 8.81. The van der Waals surface area contributed by atoms with Gasteiger partial charge in [-0.1, -0.05) is 18.2 Å². The Labute approximate surface area is 187 Å². The smallest absolute Gasteiger partial charge is 0.321 e. The molecule has 2 aromatic carbocycles. The number of ether oxygens (including phenoxy) is 1. The van der Waals surface area contributed by atoms with Gasteiger partial charge in [-0.05, 0) is 49.4 Å². The van der Waals surface area contributed by atoms with E-state index in [1.54, 1.807) is 18.9 Å². The molecule has 0 aliphatic carbocycles. The van der Waals surface area contributed by atoms with Crippen LogP contribution in [-0.2, 0) is 0 Å². The fraction of sp³-hybridized carbons (Fsp3) is 0.375. The number of likely N-dealkylation sites (tertiary alicyclic amines) is 1. The molecule has 2 amide bonds. The van der Waals surface area contributed by atoms with Crippen molar-refractivity contribution >= 4 is 34.2 Å². The number of anilines is 1. The number of nitrogens with one attached hydrogen (secondary N) is 1. The number of methoxy groups -OCH3 is 1. The first-order chi connectivity index (χ1) is 14.9. The van der Waals surface area contributed by atoms with Gasteiger partial charge in [0.1, 0.15) is 10.8 Å². The maximum absolute atomic E-state index is 12.7. The monoisotopic (exact) mass is 436 g/mol. The molecule has 2 heterocycles. The summed E-state index contributed by atoms with van der Waals surface area (Å²) in [7, 11) is 1.61. The number of hydrogen-bond donors (Lipinski definition) is 1. The van der Waals surface area contributed by atoms with Crippen molar-refractivity contribution in [3.63, 3.8) is 0 Å². The maximum atomic E-state index is 12.7. The van der Waals surface area contributed by atoms with Gasteiger partial charge in [-0.2, -0.15) is 0 Å². The molecule has 1 N–H and O–H groups in total. The molecule has 0 aromatic heterocycles. The average Bonchev–Trinajstić information content (AvgIpc) is 3.14. The molecule has 31 heavy (non-hydrogen) atoms. The van der Waals surface area contributed by atoms with Crippen molar-refractivity contribution in [1.82, 2.24) is 4.90 Å². The molecule has 2 aromatic rings. The third kappa shape index (κ3) is 4.46. The molecule has 7 heteroatoms. The lowest BCUT2D eigenvalue weighted by Gasteiger charge is -2.35. The minimum Gasteiger partial charge on any atom is -0.497 e. The highest BCUT2D eigenvalue weighted by Crippen LogP contribution is 2.35. The van der Waals surface area contributed by atoms with Gasteiger partial charge in [-0.15, -0.1) is 11.8 Å². The molecular weight excluding hydrogens is 408 g/mol. The first-order valence-electron chi connectivity index (χ1n) is 10.4. The molecule has 1 saturated heterocycles. The van der Waals surface area contributed by atoms with Crippen LogP contribution in [0.4, 0.5) is 10.5 Å². The molecule has 6 nitrogen and oxygen atoms in total. The number of carbonyl (C=O) groups excluding carboxylic acids is 1. The van der Waals surface area contributed by atoms with Gasteiger partial charge >= 0.3 is 6.03 Å². The molecule has 1 spiro atoms. The minimum absolute atomic E-state index is 0.103. The largest absolute Gasteiger partial charge is 0.497 e. The molecule has 0 unspecified atom stereocenters. The van der Waals surface area contributed by atoms with E-state index in [0.717, 1.165) is 34.8 Å². The second-order valence-electron chi connectivity index (χ2n) is 8.01. The van der Waals surface area contributed by atoms with E-state index in [1.807, 2.05) is 35.4 Å². The van der Waals surface area contributed by atoms with Crippen LogP contribution in [0.25, 0.3) is 0 Å². The number of nitrogens with zero attached hydrogens (tertiary/aromatic N) is 3. The molecule has 162 valence electrons. The van der Waals surface area contributed by atoms with Crippen molar-refractivity contribution in [3.05, 3.63) is 59.2 Å². The van der Waals surface area contributed by atoms with Crippen LogP contribution in [0.5, 0.6) is 5.75 Å². The highest BCUT2D eigenvalue weighted by Gasteiger charge is 2.40. The number of amides is 2. The summed E-state index contributed by atoms with van der Waals surface area (Å²) >= 11 is 1.64. The average molecular weight is 437 g/mol. The van der Waals surface area contributed by atoms with E-state index in [4.69, 9.17) is 14.7 Å². The summed E-state index contributed by atoms with van der Waals surface area (Å²) < 4.78 is 5.23. The highest BCUT2D eigenvalue weighted by molar-refractivity contribution is 8.15. The Hall–Kier alpha value is -2.80. The standard InChI is InChI=1S/C24H28N4O2S/c1-16-8-9-18(14-17(16)2)21-22(31-4)27-24(26-21)10-12-28(13-11-24)23(29)25-19-6-5-7-20(15-19)30-3/h5-9,14-15H,10-13H2,1-4H3,(H,25,29). The quantitative estimate of drug-likeness (QED) is 0.744. The minimum atomic E-state index is -0.459. The first-order valence-corrected chi connectivity index (χ1v) is 11.7. The zero-order valence-electron chi connectivity index (χ0n) is 18.4. The van der Waals surface area contributed by atoms with Gasteiger partial charge in [-0.25, -0.2) is 9.79 Å². The Morgan fingerprint density at radius 3 is 2.55 bits per heavy atom. The van der Waals surface area contributed by atoms with Crippen LogP contribution in [0.3, 0.4) is 0 Å². The summed E-state index contributed by atoms with van der Waals surface area (Å²) in [5.74, 6) is 0.716. The summed E-state index contributed by atoms with van der Waals surface area (Å²) in [5.41, 5.74) is 4.89. The van der Waals surface area contributed by atoms with Crippen LogP contribution in [-0.4, -0.2) is 53.8 Å². The Bertz CT molecular complexity index is 1060. The predicted molar refractivity (Wildman–Crippen MR) is 129 cm³/mol. The van der Waals surface area contributed by atoms with Crippen molar-refractivity contribution in [2.24, 2.45) is 9.98 Å². The molecule has 0 bridgehead atoms. The van der Waals surface area contributed by atoms with Crippen LogP contribution in [0.1, 0.15) is 29.5 Å². The summed E-state index contributed by atoms with van der Waals surface area (Å²) in [6.07, 6.45) is 3.49. The van der Waals surface area contributed by atoms with E-state index in [2.05, 4.69) is 37.4 Å². The topological polar surface area (TPSA) is 66.3 Å². The molecule has 4 rings (SSSR count). The van der Waals surface area contributed by atoms with Crippen LogP contribution in [0.15, 0.2) is 52.4 Å². The number of thioether (sulfide) groups is 1. The fourth-order valence-electron chi connectivity index (χ4n) is 3.94. The van der Waals surface area contributed by atoms with Crippen molar-refractivity contribution < 1.29 is 9.53 Å². The lowest BCUT2D eigenvalue weighted by atomic mass is 9.98. The van der Waals surface area contributed by atoms with E-state index in [9.17, 15) is 4.79 Å². The number of aliphatic imine (C=N–C) groups is 2. The lowest BCUT2D eigenvalue weighted by molar-refractivity contribution is 0.175. The normalized spacial score (nSPS) is 17.4. The zero-order valence-corrected chi connectivity index (χ0v) is 19.3. The van der Waals surface area contributed by atoms with Gasteiger partial charge in [-0.3, -0.25) is 4.99 Å². The van der Waals surface area contributed by atoms with E-state index < -0.39 is 5.66 Å². The Morgan fingerprint density at radius 1 is 1.10 bits per heavy atom. The molecule has 0 radical (unpaired) electrons. The molecular formula is C24H28N4O2S. The van der Waals surface area contributed by atoms with Crippen molar-refractivity contribution in [1.29, 1.82) is 0 Å². The first kappa shape index (κ1) is 21.4. The van der Waals surface area contributed by atoms with Crippen LogP contribution in [0.2, 0.25) is 0 Å². The number of aryl methyl sites for hydroxylation is 2. The second kappa shape index (κ2) is 8.75. The summed E-state index contributed by atoms with van der Waals surface area (Å²) in [4.78, 5) is 24.7. The van der Waals surface area contributed by atoms with E-state index in [1.165, 1.54) is 11.1 Å². The number of benzene rings is 2. The molecule has 2 aliphatic rings. The highest BCUT2D eigenvalue weighted by atomic mass is 32.2. The molecule has 1 fully saturated rings. The summed E-state index contributed by atoms with van der Waals surface area (Å²) in [6, 6.07) is 13.7. The number of hydrogen-bond acceptors (Lipinski definition) is 5. The number of rotatable bonds is 3. The van der Waals surface area contributed by atoms with Gasteiger partial charge in [0.2, 0.25) is 0 Å². The Morgan fingerprint density at radius 2 is 1.87 bits per heavy atom. The number of urea groups is 1. The van der Waals surface area contributed by atoms with Gasteiger partial charge in [0.25, 0.3) is 0 Å². The van der Waals surface area contributed by atoms with Crippen LogP contribution >= 0.6 is 11.8 Å². The van der Waals surface area contributed by atoms with Gasteiger partial charge in [0.15, 0.2) is 5.66 Å². The predicted octanol–water partition coefficient (Wildman–Crippen LogP) is 4.90. The van der Waals surface area contributed by atoms with Gasteiger partial charge in [0.05, 0.1) is 12.8 Å². The zero-order chi connectivity index (χ0) is 22.0. The van der Waals surface area contributed by atoms with Crippen molar-refractivity contribution in [2.45, 2.75) is 32.4 Å².